The first-order valence-electron chi connectivity index (χ1n) is 10.4. The predicted octanol–water partition coefficient (Wildman–Crippen LogP) is 2.93. The van der Waals surface area contributed by atoms with Crippen molar-refractivity contribution in [1.29, 1.82) is 0 Å². The second kappa shape index (κ2) is 7.30. The fraction of sp³-hybridized carbons (Fsp3) is 0.762. The molecule has 3 aliphatic rings. The van der Waals surface area contributed by atoms with Crippen molar-refractivity contribution in [3.63, 3.8) is 0 Å². The van der Waals surface area contributed by atoms with Gasteiger partial charge >= 0.3 is 0 Å². The van der Waals surface area contributed by atoms with Crippen molar-refractivity contribution in [2.24, 2.45) is 5.92 Å². The summed E-state index contributed by atoms with van der Waals surface area (Å²) in [6.07, 6.45) is 3.09. The smallest absolute Gasteiger partial charge is 0.291 e. The van der Waals surface area contributed by atoms with E-state index in [2.05, 4.69) is 45.8 Å². The van der Waals surface area contributed by atoms with Crippen molar-refractivity contribution in [2.45, 2.75) is 57.4 Å². The van der Waals surface area contributed by atoms with Gasteiger partial charge in [0.05, 0.1) is 29.5 Å². The van der Waals surface area contributed by atoms with Crippen molar-refractivity contribution in [2.75, 3.05) is 44.1 Å². The lowest BCUT2D eigenvalue weighted by molar-refractivity contribution is 0.00694. The van der Waals surface area contributed by atoms with E-state index in [1.807, 2.05) is 4.90 Å². The highest BCUT2D eigenvalue weighted by molar-refractivity contribution is 7.99. The average Bonchev–Trinajstić information content (AvgIpc) is 3.12. The number of aromatic nitrogens is 2. The van der Waals surface area contributed by atoms with E-state index in [0.717, 1.165) is 31.0 Å². The van der Waals surface area contributed by atoms with Crippen LogP contribution in [0.2, 0.25) is 0 Å². The Morgan fingerprint density at radius 2 is 2.03 bits per heavy atom. The molecule has 0 unspecified atom stereocenters. The van der Waals surface area contributed by atoms with Gasteiger partial charge < -0.3 is 19.3 Å². The summed E-state index contributed by atoms with van der Waals surface area (Å²) in [5.41, 5.74) is 0.494. The molecule has 7 nitrogen and oxygen atoms in total. The zero-order chi connectivity index (χ0) is 21.0. The molecule has 29 heavy (non-hydrogen) atoms. The van der Waals surface area contributed by atoms with Crippen molar-refractivity contribution in [1.82, 2.24) is 14.9 Å². The predicted molar refractivity (Wildman–Crippen MR) is 115 cm³/mol. The number of fused-ring (bicyclic) bond motifs is 3. The number of ether oxygens (including phenoxy) is 2. The number of thioether (sulfide) groups is 1. The van der Waals surface area contributed by atoms with Crippen LogP contribution < -0.4 is 9.64 Å². The van der Waals surface area contributed by atoms with E-state index in [1.165, 1.54) is 0 Å². The molecule has 1 aromatic heterocycles. The summed E-state index contributed by atoms with van der Waals surface area (Å²) >= 11 is 1.70. The summed E-state index contributed by atoms with van der Waals surface area (Å²) in [7, 11) is 0. The minimum absolute atomic E-state index is 0.0801. The molecule has 8 heteroatoms. The average molecular weight is 421 g/mol. The molecule has 1 aromatic rings. The van der Waals surface area contributed by atoms with E-state index in [0.29, 0.717) is 31.5 Å². The molecule has 4 rings (SSSR count). The van der Waals surface area contributed by atoms with Crippen LogP contribution in [0.15, 0.2) is 0 Å². The normalized spacial score (nSPS) is 29.3. The van der Waals surface area contributed by atoms with Gasteiger partial charge in [-0.3, -0.25) is 4.79 Å². The van der Waals surface area contributed by atoms with Gasteiger partial charge in [0.15, 0.2) is 11.6 Å². The van der Waals surface area contributed by atoms with Gasteiger partial charge in [0.2, 0.25) is 5.82 Å². The molecule has 1 amide bonds. The maximum absolute atomic E-state index is 13.3. The van der Waals surface area contributed by atoms with E-state index in [1.54, 1.807) is 11.8 Å². The molecular formula is C21H32N4O3S. The van der Waals surface area contributed by atoms with Gasteiger partial charge in [-0.1, -0.05) is 6.92 Å². The first-order chi connectivity index (χ1) is 13.7. The highest BCUT2D eigenvalue weighted by atomic mass is 32.2. The maximum atomic E-state index is 13.3. The van der Waals surface area contributed by atoms with Gasteiger partial charge in [-0.05, 0) is 46.3 Å². The highest BCUT2D eigenvalue weighted by Crippen LogP contribution is 2.47. The van der Waals surface area contributed by atoms with Crippen LogP contribution in [0.25, 0.3) is 0 Å². The quantitative estimate of drug-likeness (QED) is 0.745. The molecule has 3 atom stereocenters. The summed E-state index contributed by atoms with van der Waals surface area (Å²) in [6, 6.07) is 0.145. The lowest BCUT2D eigenvalue weighted by Crippen LogP contribution is -2.64. The second-order valence-corrected chi connectivity index (χ2v) is 10.9. The van der Waals surface area contributed by atoms with Crippen molar-refractivity contribution < 1.29 is 14.3 Å². The lowest BCUT2D eigenvalue weighted by Gasteiger charge is -2.52. The fourth-order valence-electron chi connectivity index (χ4n) is 4.52. The lowest BCUT2D eigenvalue weighted by atomic mass is 9.95. The minimum atomic E-state index is -0.303. The zero-order valence-corrected chi connectivity index (χ0v) is 19.1. The number of carbonyl (C=O) groups is 1. The molecule has 0 aliphatic carbocycles. The number of carbonyl (C=O) groups excluding carboxylic acids is 1. The summed E-state index contributed by atoms with van der Waals surface area (Å²) in [6.45, 7) is 13.9. The number of hydrogen-bond donors (Lipinski definition) is 0. The van der Waals surface area contributed by atoms with Crippen molar-refractivity contribution in [3.05, 3.63) is 11.5 Å². The Morgan fingerprint density at radius 1 is 1.28 bits per heavy atom. The first kappa shape index (κ1) is 20.7. The van der Waals surface area contributed by atoms with Crippen LogP contribution in [-0.2, 0) is 9.48 Å². The molecule has 2 saturated heterocycles. The molecule has 0 aromatic carbocycles. The summed E-state index contributed by atoms with van der Waals surface area (Å²) in [5.74, 6) is 2.16. The molecule has 0 spiro atoms. The van der Waals surface area contributed by atoms with Gasteiger partial charge in [0.1, 0.15) is 12.3 Å². The van der Waals surface area contributed by atoms with Gasteiger partial charge in [-0.15, -0.1) is 0 Å². The number of anilines is 1. The second-order valence-electron chi connectivity index (χ2n) is 9.43. The van der Waals surface area contributed by atoms with Crippen LogP contribution in [0, 0.1) is 5.92 Å². The maximum Gasteiger partial charge on any atom is 0.291 e. The molecule has 0 N–H and O–H groups in total. The molecule has 3 aliphatic heterocycles. The SMILES string of the molecule is CSC(C)(C)c1nc(C(=O)N2CC[C@@H](C)C2)nc2c1OC[C@]1(C)COC[C@@H](C)N21. The van der Waals surface area contributed by atoms with Crippen LogP contribution in [0.5, 0.6) is 5.75 Å². The van der Waals surface area contributed by atoms with Crippen molar-refractivity contribution in [3.8, 4) is 5.75 Å². The molecule has 160 valence electrons. The Labute approximate surface area is 177 Å². The Hall–Kier alpha value is -1.54. The van der Waals surface area contributed by atoms with Crippen molar-refractivity contribution >= 4 is 23.5 Å². The summed E-state index contributed by atoms with van der Waals surface area (Å²) in [4.78, 5) is 27.0. The summed E-state index contributed by atoms with van der Waals surface area (Å²) in [5, 5.41) is 0. The van der Waals surface area contributed by atoms with E-state index < -0.39 is 0 Å². The Morgan fingerprint density at radius 3 is 2.69 bits per heavy atom. The third kappa shape index (κ3) is 3.48. The fourth-order valence-corrected chi connectivity index (χ4v) is 4.86. The van der Waals surface area contributed by atoms with E-state index in [9.17, 15) is 4.79 Å². The van der Waals surface area contributed by atoms with Gasteiger partial charge in [0, 0.05) is 13.1 Å². The number of likely N-dealkylation sites (tertiary alicyclic amines) is 1. The largest absolute Gasteiger partial charge is 0.485 e. The molecule has 0 bridgehead atoms. The standard InChI is InChI=1S/C21H32N4O3S/c1-13-7-8-24(9-13)19(26)17-22-16(20(3,4)29-6)15-18(23-17)25-14(2)10-27-11-21(25,5)12-28-15/h13-14H,7-12H2,1-6H3/t13-,14-,21+/m1/s1. The molecular weight excluding hydrogens is 388 g/mol. The van der Waals surface area contributed by atoms with Gasteiger partial charge in [-0.2, -0.15) is 11.8 Å². The molecule has 0 saturated carbocycles. The number of morpholine rings is 1. The Bertz CT molecular complexity index is 817. The van der Waals surface area contributed by atoms with E-state index >= 15 is 0 Å². The monoisotopic (exact) mass is 420 g/mol. The minimum Gasteiger partial charge on any atom is -0.485 e. The van der Waals surface area contributed by atoms with Crippen LogP contribution in [0.4, 0.5) is 5.82 Å². The van der Waals surface area contributed by atoms with Crippen LogP contribution in [-0.4, -0.2) is 71.5 Å². The highest BCUT2D eigenvalue weighted by Gasteiger charge is 2.47. The molecule has 2 fully saturated rings. The zero-order valence-electron chi connectivity index (χ0n) is 18.3. The summed E-state index contributed by atoms with van der Waals surface area (Å²) < 4.78 is 11.8. The first-order valence-corrected chi connectivity index (χ1v) is 11.7. The number of nitrogens with zero attached hydrogens (tertiary/aromatic N) is 4. The number of hydrogen-bond acceptors (Lipinski definition) is 7. The van der Waals surface area contributed by atoms with Gasteiger partial charge in [0.25, 0.3) is 5.91 Å². The Kier molecular flexibility index (Phi) is 5.22. The van der Waals surface area contributed by atoms with Gasteiger partial charge in [-0.25, -0.2) is 9.97 Å². The van der Waals surface area contributed by atoms with Crippen LogP contribution >= 0.6 is 11.8 Å². The number of amides is 1. The molecule has 4 heterocycles. The van der Waals surface area contributed by atoms with E-state index in [4.69, 9.17) is 19.4 Å². The third-order valence-corrected chi connectivity index (χ3v) is 7.59. The third-order valence-electron chi connectivity index (χ3n) is 6.38. The van der Waals surface area contributed by atoms with Crippen LogP contribution in [0.3, 0.4) is 0 Å². The molecule has 0 radical (unpaired) electrons. The van der Waals surface area contributed by atoms with E-state index in [-0.39, 0.29) is 28.1 Å². The Balaban J connectivity index is 1.85. The number of rotatable bonds is 3. The van der Waals surface area contributed by atoms with Crippen LogP contribution in [0.1, 0.15) is 57.4 Å². The topological polar surface area (TPSA) is 67.8 Å².